The van der Waals surface area contributed by atoms with Crippen molar-refractivity contribution in [3.63, 3.8) is 0 Å². The minimum Gasteiger partial charge on any atom is -0.375 e. The van der Waals surface area contributed by atoms with Crippen LogP contribution in [0.1, 0.15) is 12.8 Å². The highest BCUT2D eigenvalue weighted by molar-refractivity contribution is 7.89. The minimum absolute atomic E-state index is 0.0385. The topological polar surface area (TPSA) is 64.4 Å². The monoisotopic (exact) mass is 409 g/mol. The van der Waals surface area contributed by atoms with E-state index in [0.29, 0.717) is 30.5 Å². The van der Waals surface area contributed by atoms with Crippen LogP contribution in [-0.4, -0.2) is 48.3 Å². The van der Waals surface area contributed by atoms with E-state index in [1.807, 2.05) is 48.7 Å². The molecule has 2 aromatic carbocycles. The Kier molecular flexibility index (Phi) is 4.73. The van der Waals surface area contributed by atoms with E-state index in [-0.39, 0.29) is 6.10 Å². The number of morpholine rings is 1. The summed E-state index contributed by atoms with van der Waals surface area (Å²) in [5.41, 5.74) is 2.81. The number of rotatable bonds is 5. The lowest BCUT2D eigenvalue weighted by molar-refractivity contribution is -0.0134. The molecular formula is C22H23N3O3S. The molecule has 2 aliphatic rings. The van der Waals surface area contributed by atoms with Crippen LogP contribution in [0.5, 0.6) is 0 Å². The van der Waals surface area contributed by atoms with Crippen molar-refractivity contribution in [2.75, 3.05) is 19.7 Å². The summed E-state index contributed by atoms with van der Waals surface area (Å²) >= 11 is 0. The quantitative estimate of drug-likeness (QED) is 0.648. The third-order valence-electron chi connectivity index (χ3n) is 5.65. The van der Waals surface area contributed by atoms with Gasteiger partial charge in [-0.1, -0.05) is 24.3 Å². The first-order valence-electron chi connectivity index (χ1n) is 9.93. The highest BCUT2D eigenvalue weighted by atomic mass is 32.2. The fourth-order valence-corrected chi connectivity index (χ4v) is 5.32. The molecule has 0 N–H and O–H groups in total. The van der Waals surface area contributed by atoms with E-state index in [0.717, 1.165) is 29.7 Å². The van der Waals surface area contributed by atoms with Gasteiger partial charge in [0.2, 0.25) is 10.0 Å². The van der Waals surface area contributed by atoms with Crippen molar-refractivity contribution < 1.29 is 13.2 Å². The van der Waals surface area contributed by atoms with Gasteiger partial charge in [0.25, 0.3) is 0 Å². The van der Waals surface area contributed by atoms with Gasteiger partial charge in [0.15, 0.2) is 0 Å². The van der Waals surface area contributed by atoms with Crippen molar-refractivity contribution in [3.8, 4) is 16.8 Å². The maximum absolute atomic E-state index is 13.2. The Labute approximate surface area is 170 Å². The number of nitrogens with zero attached hydrogens (tertiary/aromatic N) is 3. The van der Waals surface area contributed by atoms with Gasteiger partial charge < -0.3 is 4.74 Å². The molecular weight excluding hydrogens is 386 g/mol. The summed E-state index contributed by atoms with van der Waals surface area (Å²) in [4.78, 5) is 0.336. The van der Waals surface area contributed by atoms with Crippen LogP contribution in [0.2, 0.25) is 0 Å². The maximum Gasteiger partial charge on any atom is 0.243 e. The van der Waals surface area contributed by atoms with Crippen LogP contribution in [0.3, 0.4) is 0 Å². The largest absolute Gasteiger partial charge is 0.375 e. The molecule has 0 bridgehead atoms. The van der Waals surface area contributed by atoms with Crippen LogP contribution in [0.25, 0.3) is 16.8 Å². The fraction of sp³-hybridized carbons (Fsp3) is 0.318. The molecule has 5 rings (SSSR count). The summed E-state index contributed by atoms with van der Waals surface area (Å²) in [5, 5.41) is 4.23. The lowest BCUT2D eigenvalue weighted by Gasteiger charge is -2.32. The first kappa shape index (κ1) is 18.5. The Bertz CT molecular complexity index is 1090. The Morgan fingerprint density at radius 3 is 2.55 bits per heavy atom. The number of ether oxygens (including phenoxy) is 1. The van der Waals surface area contributed by atoms with E-state index in [2.05, 4.69) is 5.10 Å². The summed E-state index contributed by atoms with van der Waals surface area (Å²) in [6.07, 6.45) is 5.95. The third-order valence-corrected chi connectivity index (χ3v) is 7.51. The number of benzene rings is 2. The molecule has 0 amide bonds. The zero-order chi connectivity index (χ0) is 19.8. The Balaban J connectivity index is 1.40. The molecule has 1 aliphatic carbocycles. The zero-order valence-corrected chi connectivity index (χ0v) is 16.8. The minimum atomic E-state index is -3.54. The van der Waals surface area contributed by atoms with Gasteiger partial charge in [0, 0.05) is 25.5 Å². The first-order chi connectivity index (χ1) is 14.1. The molecule has 1 saturated heterocycles. The maximum atomic E-state index is 13.2. The van der Waals surface area contributed by atoms with Crippen LogP contribution in [-0.2, 0) is 14.8 Å². The molecule has 1 aromatic heterocycles. The van der Waals surface area contributed by atoms with Crippen molar-refractivity contribution in [2.24, 2.45) is 5.92 Å². The summed E-state index contributed by atoms with van der Waals surface area (Å²) in [6.45, 7) is 1.33. The second-order valence-corrected chi connectivity index (χ2v) is 9.57. The molecule has 1 unspecified atom stereocenters. The number of hydrogen-bond acceptors (Lipinski definition) is 4. The number of hydrogen-bond donors (Lipinski definition) is 0. The molecule has 1 saturated carbocycles. The molecule has 1 atom stereocenters. The average molecular weight is 410 g/mol. The van der Waals surface area contributed by atoms with E-state index < -0.39 is 10.0 Å². The molecule has 150 valence electrons. The lowest BCUT2D eigenvalue weighted by Crippen LogP contribution is -2.46. The molecule has 6 nitrogen and oxygen atoms in total. The summed E-state index contributed by atoms with van der Waals surface area (Å²) in [6, 6.07) is 17.0. The standard InChI is InChI=1S/C22H23N3O3S/c26-29(27,24-13-14-28-22(16-24)18-5-6-18)21-4-1-3-19(15-21)17-7-9-20(10-8-17)25-12-2-11-23-25/h1-4,7-12,15,18,22H,5-6,13-14,16H2. The van der Waals surface area contributed by atoms with Crippen LogP contribution in [0.15, 0.2) is 71.9 Å². The molecule has 0 spiro atoms. The summed E-state index contributed by atoms with van der Waals surface area (Å²) in [5.74, 6) is 0.521. The van der Waals surface area contributed by atoms with E-state index in [9.17, 15) is 8.42 Å². The highest BCUT2D eigenvalue weighted by Gasteiger charge is 2.38. The first-order valence-corrected chi connectivity index (χ1v) is 11.4. The predicted molar refractivity (Wildman–Crippen MR) is 110 cm³/mol. The van der Waals surface area contributed by atoms with Gasteiger partial charge in [-0.2, -0.15) is 9.40 Å². The van der Waals surface area contributed by atoms with E-state index in [1.165, 1.54) is 0 Å². The third kappa shape index (κ3) is 3.73. The number of aromatic nitrogens is 2. The van der Waals surface area contributed by atoms with Gasteiger partial charge in [0.05, 0.1) is 23.3 Å². The summed E-state index contributed by atoms with van der Waals surface area (Å²) < 4.78 is 35.6. The van der Waals surface area contributed by atoms with E-state index in [4.69, 9.17) is 4.74 Å². The second kappa shape index (κ2) is 7.40. The van der Waals surface area contributed by atoms with Crippen molar-refractivity contribution in [1.29, 1.82) is 0 Å². The lowest BCUT2D eigenvalue weighted by atomic mass is 10.1. The molecule has 0 radical (unpaired) electrons. The van der Waals surface area contributed by atoms with Gasteiger partial charge in [-0.15, -0.1) is 0 Å². The van der Waals surface area contributed by atoms with E-state index in [1.54, 1.807) is 27.3 Å². The summed E-state index contributed by atoms with van der Waals surface area (Å²) in [7, 11) is -3.54. The molecule has 7 heteroatoms. The fourth-order valence-electron chi connectivity index (χ4n) is 3.84. The van der Waals surface area contributed by atoms with Crippen molar-refractivity contribution in [1.82, 2.24) is 14.1 Å². The van der Waals surface area contributed by atoms with Crippen molar-refractivity contribution in [3.05, 3.63) is 67.0 Å². The Morgan fingerprint density at radius 1 is 1.00 bits per heavy atom. The van der Waals surface area contributed by atoms with Crippen LogP contribution >= 0.6 is 0 Å². The van der Waals surface area contributed by atoms with Gasteiger partial charge >= 0.3 is 0 Å². The Morgan fingerprint density at radius 2 is 1.83 bits per heavy atom. The zero-order valence-electron chi connectivity index (χ0n) is 16.0. The molecule has 1 aliphatic heterocycles. The van der Waals surface area contributed by atoms with Crippen LogP contribution in [0, 0.1) is 5.92 Å². The molecule has 29 heavy (non-hydrogen) atoms. The van der Waals surface area contributed by atoms with E-state index >= 15 is 0 Å². The second-order valence-electron chi connectivity index (χ2n) is 7.64. The average Bonchev–Trinajstić information content (AvgIpc) is 3.48. The normalized spacial score (nSPS) is 20.6. The van der Waals surface area contributed by atoms with Gasteiger partial charge in [0.1, 0.15) is 0 Å². The molecule has 3 aromatic rings. The Hall–Kier alpha value is -2.48. The van der Waals surface area contributed by atoms with Gasteiger partial charge in [-0.05, 0) is 60.2 Å². The highest BCUT2D eigenvalue weighted by Crippen LogP contribution is 2.36. The van der Waals surface area contributed by atoms with Crippen molar-refractivity contribution >= 4 is 10.0 Å². The van der Waals surface area contributed by atoms with Gasteiger partial charge in [-0.25, -0.2) is 13.1 Å². The predicted octanol–water partition coefficient (Wildman–Crippen LogP) is 3.34. The molecule has 2 fully saturated rings. The van der Waals surface area contributed by atoms with Crippen molar-refractivity contribution in [2.45, 2.75) is 23.8 Å². The SMILES string of the molecule is O=S(=O)(c1cccc(-c2ccc(-n3cccn3)cc2)c1)N1CCOC(C2CC2)C1. The van der Waals surface area contributed by atoms with Gasteiger partial charge in [-0.3, -0.25) is 0 Å². The molecule has 2 heterocycles. The van der Waals surface area contributed by atoms with Crippen LogP contribution < -0.4 is 0 Å². The van der Waals surface area contributed by atoms with Crippen LogP contribution in [0.4, 0.5) is 0 Å². The number of sulfonamides is 1. The smallest absolute Gasteiger partial charge is 0.243 e.